The number of carbonyl (C=O) groups is 1. The summed E-state index contributed by atoms with van der Waals surface area (Å²) in [6, 6.07) is 2.40. The second-order valence-electron chi connectivity index (χ2n) is 4.35. The van der Waals surface area contributed by atoms with Crippen molar-refractivity contribution in [3.05, 3.63) is 24.0 Å². The maximum absolute atomic E-state index is 13.1. The van der Waals surface area contributed by atoms with Gasteiger partial charge in [0.05, 0.1) is 6.04 Å². The normalized spacial score (nSPS) is 20.9. The summed E-state index contributed by atoms with van der Waals surface area (Å²) in [4.78, 5) is 14.8. The van der Waals surface area contributed by atoms with Gasteiger partial charge in [0, 0.05) is 18.4 Å². The zero-order valence-electron chi connectivity index (χ0n) is 9.68. The number of halogens is 5. The molecule has 8 heteroatoms. The summed E-state index contributed by atoms with van der Waals surface area (Å²) in [6.45, 7) is -0.103. The molecule has 0 spiro atoms. The molecule has 0 bridgehead atoms. The van der Waals surface area contributed by atoms with Gasteiger partial charge < -0.3 is 9.88 Å². The fourth-order valence-corrected chi connectivity index (χ4v) is 2.19. The first-order valence-corrected chi connectivity index (χ1v) is 5.64. The van der Waals surface area contributed by atoms with Gasteiger partial charge in [-0.05, 0) is 25.0 Å². The standard InChI is InChI=1S/C11H11F5N2O/c12-10(13,11(14,15)16)9(19)18-6-2-4-8(18)7-3-1-5-17-7/h1,3,5,8,17H,2,4,6H2. The van der Waals surface area contributed by atoms with E-state index in [0.29, 0.717) is 23.4 Å². The van der Waals surface area contributed by atoms with Gasteiger partial charge in [-0.3, -0.25) is 4.79 Å². The Labute approximate surface area is 105 Å². The van der Waals surface area contributed by atoms with Crippen LogP contribution in [0.5, 0.6) is 0 Å². The quantitative estimate of drug-likeness (QED) is 0.832. The van der Waals surface area contributed by atoms with Gasteiger partial charge in [0.2, 0.25) is 0 Å². The lowest BCUT2D eigenvalue weighted by atomic mass is 10.1. The number of likely N-dealkylation sites (tertiary alicyclic amines) is 1. The van der Waals surface area contributed by atoms with Crippen molar-refractivity contribution in [3.8, 4) is 0 Å². The lowest BCUT2D eigenvalue weighted by Crippen LogP contribution is -2.51. The van der Waals surface area contributed by atoms with Crippen LogP contribution in [0.2, 0.25) is 0 Å². The van der Waals surface area contributed by atoms with E-state index >= 15 is 0 Å². The molecule has 1 fully saturated rings. The number of hydrogen-bond acceptors (Lipinski definition) is 1. The molecule has 1 aliphatic heterocycles. The van der Waals surface area contributed by atoms with Gasteiger partial charge in [0.25, 0.3) is 0 Å². The largest absolute Gasteiger partial charge is 0.463 e. The number of H-pyrrole nitrogens is 1. The van der Waals surface area contributed by atoms with Crippen LogP contribution in [0.1, 0.15) is 24.6 Å². The van der Waals surface area contributed by atoms with Crippen molar-refractivity contribution in [2.24, 2.45) is 0 Å². The molecule has 1 unspecified atom stereocenters. The molecule has 3 nitrogen and oxygen atoms in total. The molecule has 0 aliphatic carbocycles. The van der Waals surface area contributed by atoms with E-state index in [0.717, 1.165) is 0 Å². The van der Waals surface area contributed by atoms with Crippen LogP contribution in [0.3, 0.4) is 0 Å². The van der Waals surface area contributed by atoms with E-state index in [1.165, 1.54) is 6.20 Å². The Balaban J connectivity index is 2.24. The van der Waals surface area contributed by atoms with Gasteiger partial charge >= 0.3 is 18.0 Å². The second kappa shape index (κ2) is 4.50. The summed E-state index contributed by atoms with van der Waals surface area (Å²) in [5.74, 6) is -7.53. The molecule has 1 N–H and O–H groups in total. The first-order chi connectivity index (χ1) is 8.75. The molecule has 1 aromatic heterocycles. The smallest absolute Gasteiger partial charge is 0.363 e. The van der Waals surface area contributed by atoms with E-state index in [9.17, 15) is 26.7 Å². The zero-order chi connectivity index (χ0) is 14.3. The maximum atomic E-state index is 13.1. The van der Waals surface area contributed by atoms with Crippen LogP contribution in [0, 0.1) is 0 Å². The number of aromatic nitrogens is 1. The van der Waals surface area contributed by atoms with Crippen LogP contribution >= 0.6 is 0 Å². The Morgan fingerprint density at radius 3 is 2.53 bits per heavy atom. The van der Waals surface area contributed by atoms with E-state index < -0.39 is 24.0 Å². The van der Waals surface area contributed by atoms with E-state index in [4.69, 9.17) is 0 Å². The predicted octanol–water partition coefficient (Wildman–Crippen LogP) is 2.88. The van der Waals surface area contributed by atoms with Gasteiger partial charge in [-0.25, -0.2) is 0 Å². The Morgan fingerprint density at radius 1 is 1.32 bits per heavy atom. The molecular formula is C11H11F5N2O. The molecule has 0 saturated carbocycles. The molecule has 1 atom stereocenters. The highest BCUT2D eigenvalue weighted by Gasteiger charge is 2.65. The number of nitrogens with one attached hydrogen (secondary N) is 1. The fraction of sp³-hybridized carbons (Fsp3) is 0.545. The highest BCUT2D eigenvalue weighted by Crippen LogP contribution is 2.41. The van der Waals surface area contributed by atoms with Gasteiger partial charge in [0.1, 0.15) is 0 Å². The number of nitrogens with zero attached hydrogens (tertiary/aromatic N) is 1. The Morgan fingerprint density at radius 2 is 2.00 bits per heavy atom. The van der Waals surface area contributed by atoms with E-state index in [1.807, 2.05) is 0 Å². The average molecular weight is 282 g/mol. The van der Waals surface area contributed by atoms with Crippen LogP contribution in [-0.4, -0.2) is 34.4 Å². The SMILES string of the molecule is O=C(N1CCCC1c1ccc[nH]1)C(F)(F)C(F)(F)F. The molecule has 0 radical (unpaired) electrons. The first kappa shape index (κ1) is 13.8. The predicted molar refractivity (Wildman–Crippen MR) is 55.5 cm³/mol. The van der Waals surface area contributed by atoms with Gasteiger partial charge in [-0.2, -0.15) is 22.0 Å². The van der Waals surface area contributed by atoms with Crippen molar-refractivity contribution in [1.29, 1.82) is 0 Å². The molecule has 1 aliphatic rings. The second-order valence-corrected chi connectivity index (χ2v) is 4.35. The number of hydrogen-bond donors (Lipinski definition) is 1. The topological polar surface area (TPSA) is 36.1 Å². The number of amides is 1. The molecular weight excluding hydrogens is 271 g/mol. The third-order valence-corrected chi connectivity index (χ3v) is 3.12. The molecule has 19 heavy (non-hydrogen) atoms. The van der Waals surface area contributed by atoms with Crippen molar-refractivity contribution in [3.63, 3.8) is 0 Å². The summed E-state index contributed by atoms with van der Waals surface area (Å²) in [7, 11) is 0. The maximum Gasteiger partial charge on any atom is 0.463 e. The molecule has 106 valence electrons. The van der Waals surface area contributed by atoms with E-state index in [-0.39, 0.29) is 6.54 Å². The summed E-state index contributed by atoms with van der Waals surface area (Å²) in [6.07, 6.45) is -3.59. The third-order valence-electron chi connectivity index (χ3n) is 3.12. The van der Waals surface area contributed by atoms with Crippen molar-refractivity contribution < 1.29 is 26.7 Å². The van der Waals surface area contributed by atoms with Crippen LogP contribution in [0.25, 0.3) is 0 Å². The summed E-state index contributed by atoms with van der Waals surface area (Å²) in [5.41, 5.74) is 0.462. The molecule has 0 aromatic carbocycles. The minimum absolute atomic E-state index is 0.103. The number of rotatable bonds is 2. The molecule has 1 saturated heterocycles. The van der Waals surface area contributed by atoms with Crippen LogP contribution in [0.4, 0.5) is 22.0 Å². The summed E-state index contributed by atoms with van der Waals surface area (Å²) < 4.78 is 62.7. The Kier molecular flexibility index (Phi) is 3.27. The number of aromatic amines is 1. The van der Waals surface area contributed by atoms with Gasteiger partial charge in [-0.1, -0.05) is 0 Å². The zero-order valence-corrected chi connectivity index (χ0v) is 9.68. The lowest BCUT2D eigenvalue weighted by molar-refractivity contribution is -0.274. The highest BCUT2D eigenvalue weighted by atomic mass is 19.4. The van der Waals surface area contributed by atoms with Crippen molar-refractivity contribution in [2.45, 2.75) is 31.0 Å². The Hall–Kier alpha value is -1.60. The first-order valence-electron chi connectivity index (χ1n) is 5.64. The lowest BCUT2D eigenvalue weighted by Gasteiger charge is -2.28. The van der Waals surface area contributed by atoms with E-state index in [2.05, 4.69) is 4.98 Å². The van der Waals surface area contributed by atoms with Gasteiger partial charge in [-0.15, -0.1) is 0 Å². The van der Waals surface area contributed by atoms with Crippen molar-refractivity contribution in [2.75, 3.05) is 6.54 Å². The minimum atomic E-state index is -5.87. The molecule has 1 aromatic rings. The Bertz CT molecular complexity index is 454. The average Bonchev–Trinajstić information content (AvgIpc) is 2.96. The summed E-state index contributed by atoms with van der Waals surface area (Å²) >= 11 is 0. The monoisotopic (exact) mass is 282 g/mol. The number of alkyl halides is 5. The highest BCUT2D eigenvalue weighted by molar-refractivity contribution is 5.85. The van der Waals surface area contributed by atoms with Crippen LogP contribution in [-0.2, 0) is 4.79 Å². The number of carbonyl (C=O) groups excluding carboxylic acids is 1. The third kappa shape index (κ3) is 2.31. The van der Waals surface area contributed by atoms with Crippen molar-refractivity contribution >= 4 is 5.91 Å². The van der Waals surface area contributed by atoms with Crippen LogP contribution < -0.4 is 0 Å². The minimum Gasteiger partial charge on any atom is -0.363 e. The summed E-state index contributed by atoms with van der Waals surface area (Å²) in [5, 5.41) is 0. The molecule has 2 heterocycles. The molecule has 1 amide bonds. The van der Waals surface area contributed by atoms with Crippen molar-refractivity contribution in [1.82, 2.24) is 9.88 Å². The van der Waals surface area contributed by atoms with Crippen LogP contribution in [0.15, 0.2) is 18.3 Å². The molecule has 2 rings (SSSR count). The fourth-order valence-electron chi connectivity index (χ4n) is 2.19. The van der Waals surface area contributed by atoms with E-state index in [1.54, 1.807) is 12.1 Å². The van der Waals surface area contributed by atoms with Gasteiger partial charge in [0.15, 0.2) is 0 Å².